The molecule has 4 N–H and O–H groups in total. The zero-order valence-electron chi connectivity index (χ0n) is 64.6. The van der Waals surface area contributed by atoms with E-state index in [4.69, 9.17) is 0 Å². The molecule has 6 rings (SSSR count). The molecule has 0 aromatic heterocycles. The lowest BCUT2D eigenvalue weighted by atomic mass is 9.95. The second-order valence-electron chi connectivity index (χ2n) is 29.7. The van der Waals surface area contributed by atoms with Gasteiger partial charge in [0.2, 0.25) is 70.9 Å². The molecule has 12 atom stereocenters. The molecule has 105 heavy (non-hydrogen) atoms. The quantitative estimate of drug-likeness (QED) is 0.127. The molecule has 0 radical (unpaired) electrons. The molecule has 1 unspecified atom stereocenters. The van der Waals surface area contributed by atoms with Crippen molar-refractivity contribution in [3.8, 4) is 0 Å². The highest BCUT2D eigenvalue weighted by Crippen LogP contribution is 2.25. The number of hydrogen-bond donors (Lipinski definition) is 4. The minimum Gasteiger partial charge on any atom is -0.391 e. The maximum atomic E-state index is 15.7. The minimum absolute atomic E-state index is 0.0325. The topological polar surface area (TPSA) is 290 Å². The van der Waals surface area contributed by atoms with Gasteiger partial charge in [0.25, 0.3) is 0 Å². The third-order valence-corrected chi connectivity index (χ3v) is 20.7. The molecule has 0 spiro atoms. The lowest BCUT2D eigenvalue weighted by molar-refractivity contribution is -0.154. The standard InChI is InChI=1S/C80H114N12O13/c1-50(2)43-61-71(96)82-68(52(5)6)79(104)91(17)64(44-51(3)4)76(101)90(16)66(48-59-39-29-21-30-40-59)78(103)88(14)63(46-57-35-25-19-26-36-57)72(97)83-69(55(9)93)80(105)85(11)54(8)74(99)86(12)62(45-56-33-23-18-24-34-56)70(95)81-60(75(100)92-41-31-22-32-42-92)49-67(94)84(10)53(7)73(98)89(15)65(77(102)87(61)13)47-58-37-27-20-28-38-58/h18-21,23-30,33-40,50-55,60-66,68-69,93H,22,31-32,41-49H2,1-17H3,(H,81,95)(H,82,96)(H,83,97)/t53-,54?,55+,60-,61-,62-,63+,64-,65-,66-,68+,69-/m0/s1. The second-order valence-corrected chi connectivity index (χ2v) is 29.7. The zero-order chi connectivity index (χ0) is 77.8. The fraction of sp³-hybridized carbons (Fsp3) is 0.550. The van der Waals surface area contributed by atoms with Gasteiger partial charge in [0.15, 0.2) is 0 Å². The van der Waals surface area contributed by atoms with Crippen molar-refractivity contribution in [2.45, 2.75) is 199 Å². The van der Waals surface area contributed by atoms with Gasteiger partial charge in [-0.15, -0.1) is 0 Å². The molecule has 4 aromatic rings. The summed E-state index contributed by atoms with van der Waals surface area (Å²) in [4.78, 5) is 194. The molecule has 572 valence electrons. The molecule has 4 aromatic carbocycles. The first kappa shape index (κ1) is 84.4. The van der Waals surface area contributed by atoms with Gasteiger partial charge in [0, 0.05) is 95.2 Å². The van der Waals surface area contributed by atoms with Crippen molar-refractivity contribution >= 4 is 70.9 Å². The number of aliphatic hydroxyl groups is 1. The Morgan fingerprint density at radius 2 is 0.695 bits per heavy atom. The molecule has 2 heterocycles. The van der Waals surface area contributed by atoms with Crippen LogP contribution in [0.1, 0.15) is 123 Å². The summed E-state index contributed by atoms with van der Waals surface area (Å²) in [5.74, 6) is -9.68. The van der Waals surface area contributed by atoms with E-state index in [1.165, 1.54) is 102 Å². The Kier molecular flexibility index (Phi) is 31.4. The van der Waals surface area contributed by atoms with Crippen LogP contribution >= 0.6 is 0 Å². The number of piperidine rings is 1. The van der Waals surface area contributed by atoms with E-state index in [0.717, 1.165) is 21.1 Å². The Morgan fingerprint density at radius 1 is 0.381 bits per heavy atom. The molecule has 0 bridgehead atoms. The summed E-state index contributed by atoms with van der Waals surface area (Å²) >= 11 is 0. The van der Waals surface area contributed by atoms with Crippen molar-refractivity contribution in [1.29, 1.82) is 0 Å². The summed E-state index contributed by atoms with van der Waals surface area (Å²) in [6.07, 6.45) is -0.202. The van der Waals surface area contributed by atoms with Gasteiger partial charge >= 0.3 is 0 Å². The summed E-state index contributed by atoms with van der Waals surface area (Å²) in [6, 6.07) is 20.3. The number of carbonyl (C=O) groups excluding carboxylic acids is 12. The largest absolute Gasteiger partial charge is 0.391 e. The first-order valence-electron chi connectivity index (χ1n) is 36.7. The Balaban J connectivity index is 1.52. The monoisotopic (exact) mass is 1450 g/mol. The van der Waals surface area contributed by atoms with E-state index in [9.17, 15) is 19.5 Å². The van der Waals surface area contributed by atoms with Gasteiger partial charge in [-0.3, -0.25) is 57.5 Å². The lowest BCUT2D eigenvalue weighted by Crippen LogP contribution is -2.63. The minimum atomic E-state index is -1.74. The molecule has 0 saturated carbocycles. The first-order valence-corrected chi connectivity index (χ1v) is 36.7. The van der Waals surface area contributed by atoms with Gasteiger partial charge < -0.3 is 65.2 Å². The first-order chi connectivity index (χ1) is 49.6. The van der Waals surface area contributed by atoms with Gasteiger partial charge in [-0.25, -0.2) is 0 Å². The molecule has 25 heteroatoms. The fourth-order valence-electron chi connectivity index (χ4n) is 13.6. The Labute approximate surface area is 620 Å². The van der Waals surface area contributed by atoms with Gasteiger partial charge in [-0.2, -0.15) is 0 Å². The van der Waals surface area contributed by atoms with Gasteiger partial charge in [0.1, 0.15) is 66.5 Å². The Hall–Kier alpha value is -9.52. The number of likely N-dealkylation sites (tertiary alicyclic amines) is 1. The van der Waals surface area contributed by atoms with Crippen LogP contribution in [-0.2, 0) is 83.2 Å². The van der Waals surface area contributed by atoms with Crippen LogP contribution < -0.4 is 16.0 Å². The number of nitrogens with one attached hydrogen (secondary N) is 3. The predicted molar refractivity (Wildman–Crippen MR) is 401 cm³/mol. The maximum absolute atomic E-state index is 15.7. The molecule has 25 nitrogen and oxygen atoms in total. The number of carbonyl (C=O) groups is 12. The highest BCUT2D eigenvalue weighted by molar-refractivity contribution is 6.00. The van der Waals surface area contributed by atoms with Crippen molar-refractivity contribution < 1.29 is 62.6 Å². The van der Waals surface area contributed by atoms with Crippen LogP contribution in [0.3, 0.4) is 0 Å². The summed E-state index contributed by atoms with van der Waals surface area (Å²) in [6.45, 7) is 15.8. The lowest BCUT2D eigenvalue weighted by Gasteiger charge is -2.40. The van der Waals surface area contributed by atoms with Crippen molar-refractivity contribution in [2.75, 3.05) is 69.5 Å². The third-order valence-electron chi connectivity index (χ3n) is 20.7. The van der Waals surface area contributed by atoms with Gasteiger partial charge in [-0.1, -0.05) is 163 Å². The van der Waals surface area contributed by atoms with E-state index in [2.05, 4.69) is 16.0 Å². The van der Waals surface area contributed by atoms with Crippen molar-refractivity contribution in [1.82, 2.24) is 60.0 Å². The summed E-state index contributed by atoms with van der Waals surface area (Å²) in [5, 5.41) is 20.0. The van der Waals surface area contributed by atoms with Crippen molar-refractivity contribution in [2.24, 2.45) is 17.8 Å². The van der Waals surface area contributed by atoms with Crippen molar-refractivity contribution in [3.63, 3.8) is 0 Å². The van der Waals surface area contributed by atoms with E-state index >= 15 is 43.2 Å². The molecule has 2 fully saturated rings. The van der Waals surface area contributed by atoms with E-state index < -0.39 is 156 Å². The van der Waals surface area contributed by atoms with E-state index in [0.29, 0.717) is 48.2 Å². The van der Waals surface area contributed by atoms with E-state index in [1.807, 2.05) is 27.7 Å². The Bertz CT molecular complexity index is 3610. The number of rotatable bonds is 15. The van der Waals surface area contributed by atoms with Crippen LogP contribution in [0, 0.1) is 17.8 Å². The maximum Gasteiger partial charge on any atom is 0.248 e. The molecular formula is C80H114N12O13. The SMILES string of the molecule is CC(C)C[C@H]1C(=O)N(C)[C@@H](Cc2ccccc2)C(=O)N(C)[C@H](Cc2ccccc2)C(=O)N[C@@H]([C@@H](C)O)C(=O)N(C)C(C)C(=O)N(C)[C@@H](Cc2ccccc2)C(=O)N[C@H](C(=O)N2CCCCC2)CC(=O)N(C)[C@@H](C)C(=O)N(C)[C@@H](Cc2ccccc2)C(=O)N(C)[C@@H](CC(C)C)C(=O)N[C@H](C(C)C)C(=O)N1C. The van der Waals surface area contributed by atoms with Crippen LogP contribution in [-0.4, -0.2) is 262 Å². The summed E-state index contributed by atoms with van der Waals surface area (Å²) in [5.41, 5.74) is 2.53. The number of benzene rings is 4. The van der Waals surface area contributed by atoms with E-state index in [-0.39, 0.29) is 50.4 Å². The fourth-order valence-corrected chi connectivity index (χ4v) is 13.6. The third kappa shape index (κ3) is 22.3. The predicted octanol–water partition coefficient (Wildman–Crippen LogP) is 4.61. The van der Waals surface area contributed by atoms with Crippen LogP contribution in [0.2, 0.25) is 0 Å². The molecular weight excluding hydrogens is 1340 g/mol. The number of hydrogen-bond acceptors (Lipinski definition) is 13. The Morgan fingerprint density at radius 3 is 1.10 bits per heavy atom. The van der Waals surface area contributed by atoms with Crippen LogP contribution in [0.4, 0.5) is 0 Å². The van der Waals surface area contributed by atoms with Crippen LogP contribution in [0.5, 0.6) is 0 Å². The smallest absolute Gasteiger partial charge is 0.248 e. The number of nitrogens with zero attached hydrogens (tertiary/aromatic N) is 9. The molecule has 0 aliphatic carbocycles. The summed E-state index contributed by atoms with van der Waals surface area (Å²) < 4.78 is 0. The zero-order valence-corrected chi connectivity index (χ0v) is 64.6. The molecule has 2 aliphatic heterocycles. The average molecular weight is 1450 g/mol. The van der Waals surface area contributed by atoms with Gasteiger partial charge in [0.05, 0.1) is 12.5 Å². The average Bonchev–Trinajstić information content (AvgIpc) is 0.811. The number of likely N-dealkylation sites (N-methyl/N-ethyl adjacent to an activating group) is 8. The normalized spacial score (nSPS) is 25.1. The van der Waals surface area contributed by atoms with Gasteiger partial charge in [-0.05, 0) is 92.9 Å². The number of aliphatic hydroxyl groups excluding tert-OH is 1. The number of amides is 12. The van der Waals surface area contributed by atoms with E-state index in [1.54, 1.807) is 140 Å². The molecule has 2 saturated heterocycles. The summed E-state index contributed by atoms with van der Waals surface area (Å²) in [7, 11) is 11.3. The van der Waals surface area contributed by atoms with Crippen LogP contribution in [0.15, 0.2) is 121 Å². The highest BCUT2D eigenvalue weighted by atomic mass is 16.3. The highest BCUT2D eigenvalue weighted by Gasteiger charge is 2.45. The second kappa shape index (κ2) is 39.0. The van der Waals surface area contributed by atoms with Crippen LogP contribution in [0.25, 0.3) is 0 Å². The van der Waals surface area contributed by atoms with Crippen molar-refractivity contribution in [3.05, 3.63) is 144 Å². The molecule has 2 aliphatic rings. The molecule has 12 amide bonds.